The average Bonchev–Trinajstić information content (AvgIpc) is 3.63. The predicted octanol–water partition coefficient (Wildman–Crippen LogP) is 2.17. The van der Waals surface area contributed by atoms with Crippen molar-refractivity contribution in [1.82, 2.24) is 29.5 Å². The van der Waals surface area contributed by atoms with E-state index in [2.05, 4.69) is 22.0 Å². The van der Waals surface area contributed by atoms with Crippen LogP contribution in [-0.2, 0) is 41.7 Å². The molecule has 212 valence electrons. The number of H-pyrrole nitrogens is 1. The summed E-state index contributed by atoms with van der Waals surface area (Å²) in [6.45, 7) is 5.46. The molecular formula is C27H38N6O6. The van der Waals surface area contributed by atoms with Gasteiger partial charge in [-0.3, -0.25) is 23.9 Å². The number of carbonyl (C=O) groups is 4. The third-order valence-electron chi connectivity index (χ3n) is 6.70. The van der Waals surface area contributed by atoms with Gasteiger partial charge in [0, 0.05) is 81.5 Å². The topological polar surface area (TPSA) is 141 Å². The van der Waals surface area contributed by atoms with Crippen LogP contribution in [0, 0.1) is 5.41 Å². The molecule has 2 aromatic rings. The number of imidazole rings is 1. The molecule has 0 amide bonds. The number of ketones is 2. The van der Waals surface area contributed by atoms with Gasteiger partial charge in [-0.25, -0.2) is 4.98 Å². The average molecular weight is 543 g/mol. The molecule has 0 aromatic carbocycles. The minimum Gasteiger partial charge on any atom is -0.465 e. The fourth-order valence-electron chi connectivity index (χ4n) is 4.06. The lowest BCUT2D eigenvalue weighted by Gasteiger charge is -2.33. The van der Waals surface area contributed by atoms with E-state index in [1.807, 2.05) is 15.7 Å². The SMILES string of the molecule is C=CC(=O)CCC(CCC(=O)CCn1ccnc1)(COC(=O)CCN1C=CNC1)COC(=O)CCn1cc[nH]1. The van der Waals surface area contributed by atoms with Gasteiger partial charge in [-0.05, 0) is 18.9 Å². The minimum atomic E-state index is -0.890. The van der Waals surface area contributed by atoms with Gasteiger partial charge in [0.25, 0.3) is 0 Å². The number of hydrogen-bond donors (Lipinski definition) is 2. The Bertz CT molecular complexity index is 1090. The molecule has 0 saturated carbocycles. The lowest BCUT2D eigenvalue weighted by molar-refractivity contribution is -0.155. The van der Waals surface area contributed by atoms with Crippen molar-refractivity contribution in [1.29, 1.82) is 0 Å². The highest BCUT2D eigenvalue weighted by molar-refractivity contribution is 5.89. The number of carbonyl (C=O) groups excluding carboxylic acids is 4. The summed E-state index contributed by atoms with van der Waals surface area (Å²) in [4.78, 5) is 55.9. The Morgan fingerprint density at radius 3 is 2.26 bits per heavy atom. The number of esters is 2. The summed E-state index contributed by atoms with van der Waals surface area (Å²) in [5.41, 5.74) is -0.890. The molecular weight excluding hydrogens is 504 g/mol. The zero-order chi connectivity index (χ0) is 27.9. The number of hydrogen-bond acceptors (Lipinski definition) is 9. The highest BCUT2D eigenvalue weighted by Gasteiger charge is 2.35. The first kappa shape index (κ1) is 29.5. The van der Waals surface area contributed by atoms with Gasteiger partial charge in [-0.1, -0.05) is 6.58 Å². The van der Waals surface area contributed by atoms with E-state index in [9.17, 15) is 19.2 Å². The van der Waals surface area contributed by atoms with Crippen molar-refractivity contribution >= 4 is 23.5 Å². The number of nitrogens with one attached hydrogen (secondary N) is 2. The molecule has 1 atom stereocenters. The van der Waals surface area contributed by atoms with E-state index >= 15 is 0 Å². The van der Waals surface area contributed by atoms with Gasteiger partial charge in [0.05, 0.1) is 25.8 Å². The van der Waals surface area contributed by atoms with Crippen molar-refractivity contribution in [3.63, 3.8) is 0 Å². The number of aryl methyl sites for hydroxylation is 2. The van der Waals surface area contributed by atoms with Crippen LogP contribution in [0.3, 0.4) is 0 Å². The Balaban J connectivity index is 1.63. The molecule has 2 aromatic heterocycles. The van der Waals surface area contributed by atoms with Crippen LogP contribution in [0.15, 0.2) is 56.2 Å². The number of Topliss-reactive ketones (excluding diaryl/α,β-unsaturated/α-hetero) is 1. The van der Waals surface area contributed by atoms with Gasteiger partial charge in [0.2, 0.25) is 0 Å². The highest BCUT2D eigenvalue weighted by atomic mass is 16.5. The van der Waals surface area contributed by atoms with Crippen molar-refractivity contribution < 1.29 is 28.7 Å². The van der Waals surface area contributed by atoms with Crippen LogP contribution in [-0.4, -0.2) is 74.2 Å². The summed E-state index contributed by atoms with van der Waals surface area (Å²) in [7, 11) is 0. The Morgan fingerprint density at radius 1 is 0.949 bits per heavy atom. The van der Waals surface area contributed by atoms with Gasteiger partial charge < -0.3 is 29.4 Å². The van der Waals surface area contributed by atoms with E-state index in [-0.39, 0.29) is 56.9 Å². The summed E-state index contributed by atoms with van der Waals surface area (Å²) < 4.78 is 14.9. The number of rotatable bonds is 20. The Labute approximate surface area is 228 Å². The van der Waals surface area contributed by atoms with E-state index in [4.69, 9.17) is 9.47 Å². The van der Waals surface area contributed by atoms with Crippen LogP contribution in [0.4, 0.5) is 0 Å². The maximum atomic E-state index is 12.8. The molecule has 0 bridgehead atoms. The molecule has 0 saturated heterocycles. The van der Waals surface area contributed by atoms with Crippen molar-refractivity contribution in [3.8, 4) is 0 Å². The van der Waals surface area contributed by atoms with Crippen molar-refractivity contribution in [2.75, 3.05) is 26.4 Å². The second-order valence-electron chi connectivity index (χ2n) is 9.71. The molecule has 0 spiro atoms. The summed E-state index contributed by atoms with van der Waals surface area (Å²) in [5, 5.41) is 5.96. The third kappa shape index (κ3) is 10.7. The smallest absolute Gasteiger partial charge is 0.307 e. The van der Waals surface area contributed by atoms with E-state index in [1.165, 1.54) is 6.08 Å². The summed E-state index contributed by atoms with van der Waals surface area (Å²) in [6.07, 6.45) is 15.1. The van der Waals surface area contributed by atoms with E-state index < -0.39 is 17.4 Å². The monoisotopic (exact) mass is 542 g/mol. The quantitative estimate of drug-likeness (QED) is 0.190. The van der Waals surface area contributed by atoms with Crippen LogP contribution in [0.25, 0.3) is 0 Å². The summed E-state index contributed by atoms with van der Waals surface area (Å²) in [6, 6.07) is 0. The van der Waals surface area contributed by atoms with Crippen LogP contribution < -0.4 is 5.32 Å². The first-order chi connectivity index (χ1) is 18.9. The zero-order valence-electron chi connectivity index (χ0n) is 22.3. The van der Waals surface area contributed by atoms with Crippen molar-refractivity contribution in [2.45, 2.75) is 58.0 Å². The molecule has 39 heavy (non-hydrogen) atoms. The standard InChI is InChI=1S/C27H38N6O6/c1-2-23(34)3-8-27(20-39-26(37)7-15-33-18-12-30-33,9-4-24(35)5-13-31-16-10-28-21-31)19-38-25(36)6-14-32-17-11-29-22-32/h2,10-12,16-18,21,29-30H,1,3-9,13-15,19-20,22H2. The minimum absolute atomic E-state index is 0.0183. The van der Waals surface area contributed by atoms with Gasteiger partial charge in [0.1, 0.15) is 19.0 Å². The maximum Gasteiger partial charge on any atom is 0.307 e. The second-order valence-corrected chi connectivity index (χ2v) is 9.71. The fourth-order valence-corrected chi connectivity index (χ4v) is 4.06. The van der Waals surface area contributed by atoms with Crippen LogP contribution in [0.5, 0.6) is 0 Å². The molecule has 0 fully saturated rings. The van der Waals surface area contributed by atoms with Crippen molar-refractivity contribution in [3.05, 3.63) is 56.2 Å². The highest BCUT2D eigenvalue weighted by Crippen LogP contribution is 2.32. The Morgan fingerprint density at radius 2 is 1.67 bits per heavy atom. The lowest BCUT2D eigenvalue weighted by Crippen LogP contribution is -2.36. The molecule has 3 rings (SSSR count). The lowest BCUT2D eigenvalue weighted by atomic mass is 9.79. The molecule has 0 aliphatic carbocycles. The largest absolute Gasteiger partial charge is 0.465 e. The third-order valence-corrected chi connectivity index (χ3v) is 6.70. The van der Waals surface area contributed by atoms with E-state index in [0.29, 0.717) is 39.1 Å². The Kier molecular flexibility index (Phi) is 11.6. The van der Waals surface area contributed by atoms with Gasteiger partial charge in [-0.2, -0.15) is 0 Å². The molecule has 12 heteroatoms. The Hall–Kier alpha value is -4.09. The number of aromatic nitrogens is 4. The predicted molar refractivity (Wildman–Crippen MR) is 142 cm³/mol. The first-order valence-corrected chi connectivity index (χ1v) is 13.1. The maximum absolute atomic E-state index is 12.8. The molecule has 1 unspecified atom stereocenters. The van der Waals surface area contributed by atoms with Crippen LogP contribution >= 0.6 is 0 Å². The van der Waals surface area contributed by atoms with E-state index in [1.54, 1.807) is 42.0 Å². The van der Waals surface area contributed by atoms with Gasteiger partial charge in [-0.15, -0.1) is 0 Å². The zero-order valence-corrected chi connectivity index (χ0v) is 22.3. The molecule has 1 aliphatic heterocycles. The molecule has 0 radical (unpaired) electrons. The molecule has 12 nitrogen and oxygen atoms in total. The molecule has 3 heterocycles. The van der Waals surface area contributed by atoms with E-state index in [0.717, 1.165) is 0 Å². The molecule has 1 aliphatic rings. The van der Waals surface area contributed by atoms with Crippen molar-refractivity contribution in [2.24, 2.45) is 5.41 Å². The number of allylic oxidation sites excluding steroid dienone is 1. The second kappa shape index (κ2) is 15.4. The molecule has 2 N–H and O–H groups in total. The number of aromatic amines is 1. The van der Waals surface area contributed by atoms with Crippen LogP contribution in [0.2, 0.25) is 0 Å². The van der Waals surface area contributed by atoms with Gasteiger partial charge in [0.15, 0.2) is 5.78 Å². The fraction of sp³-hybridized carbons (Fsp3) is 0.519. The first-order valence-electron chi connectivity index (χ1n) is 13.1. The van der Waals surface area contributed by atoms with Crippen LogP contribution in [0.1, 0.15) is 44.9 Å². The number of nitrogens with zero attached hydrogens (tertiary/aromatic N) is 4. The van der Waals surface area contributed by atoms with Gasteiger partial charge >= 0.3 is 11.9 Å². The summed E-state index contributed by atoms with van der Waals surface area (Å²) >= 11 is 0. The normalized spacial score (nSPS) is 14.0. The number of ether oxygens (including phenoxy) is 2. The summed E-state index contributed by atoms with van der Waals surface area (Å²) in [5.74, 6) is -0.970.